The van der Waals surface area contributed by atoms with Crippen LogP contribution >= 0.6 is 0 Å². The van der Waals surface area contributed by atoms with Crippen molar-refractivity contribution < 1.29 is 22.7 Å². The van der Waals surface area contributed by atoms with E-state index in [2.05, 4.69) is 10.6 Å². The highest BCUT2D eigenvalue weighted by Crippen LogP contribution is 2.26. The van der Waals surface area contributed by atoms with Gasteiger partial charge in [0.2, 0.25) is 5.91 Å². The number of unbranched alkanes of at least 4 members (excludes halogenated alkanes) is 1. The maximum Gasteiger partial charge on any atom is 0.264 e. The highest BCUT2D eigenvalue weighted by atomic mass is 32.2. The predicted octanol–water partition coefficient (Wildman–Crippen LogP) is 4.37. The number of aryl methyl sites for hydroxylation is 1. The monoisotopic (exact) mass is 509 g/mol. The van der Waals surface area contributed by atoms with Gasteiger partial charge in [-0.1, -0.05) is 43.2 Å². The Hall–Kier alpha value is -3.85. The van der Waals surface area contributed by atoms with E-state index in [1.165, 1.54) is 19.2 Å². The molecule has 0 saturated carbocycles. The van der Waals surface area contributed by atoms with Crippen LogP contribution in [-0.2, 0) is 14.8 Å². The molecule has 0 aliphatic carbocycles. The van der Waals surface area contributed by atoms with Gasteiger partial charge >= 0.3 is 0 Å². The van der Waals surface area contributed by atoms with Crippen LogP contribution in [0.15, 0.2) is 77.7 Å². The zero-order chi connectivity index (χ0) is 26.1. The summed E-state index contributed by atoms with van der Waals surface area (Å²) in [6.07, 6.45) is 1.78. The number of ether oxygens (including phenoxy) is 1. The fourth-order valence-electron chi connectivity index (χ4n) is 3.49. The standard InChI is InChI=1S/C27H31N3O5S/c1-4-5-18-28-27(32)24-8-6-7-9-25(24)29-26(31)19-30(21-12-14-22(35-3)15-13-21)36(33,34)23-16-10-20(2)11-17-23/h6-17H,4-5,18-19H2,1-3H3,(H,28,32)(H,29,31). The summed E-state index contributed by atoms with van der Waals surface area (Å²) in [4.78, 5) is 25.8. The van der Waals surface area contributed by atoms with Crippen LogP contribution in [0, 0.1) is 6.92 Å². The average Bonchev–Trinajstić information content (AvgIpc) is 2.88. The van der Waals surface area contributed by atoms with E-state index in [1.54, 1.807) is 60.7 Å². The number of nitrogens with zero attached hydrogens (tertiary/aromatic N) is 1. The lowest BCUT2D eigenvalue weighted by Gasteiger charge is -2.24. The third kappa shape index (κ3) is 6.63. The number of carbonyl (C=O) groups excluding carboxylic acids is 2. The molecule has 0 heterocycles. The summed E-state index contributed by atoms with van der Waals surface area (Å²) in [7, 11) is -2.55. The molecule has 0 aromatic heterocycles. The number of methoxy groups -OCH3 is 1. The summed E-state index contributed by atoms with van der Waals surface area (Å²) in [6, 6.07) is 19.4. The number of sulfonamides is 1. The number of hydrogen-bond acceptors (Lipinski definition) is 5. The van der Waals surface area contributed by atoms with Crippen molar-refractivity contribution in [2.24, 2.45) is 0 Å². The molecule has 2 N–H and O–H groups in total. The van der Waals surface area contributed by atoms with Crippen molar-refractivity contribution in [1.82, 2.24) is 5.32 Å². The van der Waals surface area contributed by atoms with Crippen LogP contribution in [0.4, 0.5) is 11.4 Å². The summed E-state index contributed by atoms with van der Waals surface area (Å²) in [5.41, 5.74) is 1.83. The van der Waals surface area contributed by atoms with Crippen LogP contribution in [-0.4, -0.2) is 40.4 Å². The van der Waals surface area contributed by atoms with Crippen LogP contribution in [0.1, 0.15) is 35.7 Å². The van der Waals surface area contributed by atoms with Gasteiger partial charge in [0.25, 0.3) is 15.9 Å². The van der Waals surface area contributed by atoms with Crippen molar-refractivity contribution in [3.05, 3.63) is 83.9 Å². The maximum atomic E-state index is 13.6. The Morgan fingerprint density at radius 3 is 2.25 bits per heavy atom. The van der Waals surface area contributed by atoms with Gasteiger partial charge in [0.05, 0.1) is 28.9 Å². The molecule has 0 unspecified atom stereocenters. The summed E-state index contributed by atoms with van der Waals surface area (Å²) in [6.45, 7) is 3.92. The normalized spacial score (nSPS) is 11.0. The molecule has 3 aromatic carbocycles. The molecule has 190 valence electrons. The molecule has 0 aliphatic rings. The quantitative estimate of drug-likeness (QED) is 0.374. The molecule has 0 fully saturated rings. The fourth-order valence-corrected chi connectivity index (χ4v) is 4.91. The topological polar surface area (TPSA) is 105 Å². The smallest absolute Gasteiger partial charge is 0.264 e. The van der Waals surface area contributed by atoms with Gasteiger partial charge in [-0.2, -0.15) is 0 Å². The number of para-hydroxylation sites is 1. The Labute approximate surface area is 212 Å². The Balaban J connectivity index is 1.89. The number of nitrogens with one attached hydrogen (secondary N) is 2. The second-order valence-corrected chi connectivity index (χ2v) is 10.1. The number of anilines is 2. The maximum absolute atomic E-state index is 13.6. The largest absolute Gasteiger partial charge is 0.497 e. The highest BCUT2D eigenvalue weighted by Gasteiger charge is 2.27. The zero-order valence-corrected chi connectivity index (χ0v) is 21.5. The molecule has 3 rings (SSSR count). The highest BCUT2D eigenvalue weighted by molar-refractivity contribution is 7.92. The second-order valence-electron chi connectivity index (χ2n) is 8.23. The molecule has 2 amide bonds. The molecule has 36 heavy (non-hydrogen) atoms. The van der Waals surface area contributed by atoms with E-state index in [1.807, 2.05) is 13.8 Å². The van der Waals surface area contributed by atoms with E-state index in [-0.39, 0.29) is 10.8 Å². The first-order valence-corrected chi connectivity index (χ1v) is 13.1. The van der Waals surface area contributed by atoms with Crippen LogP contribution in [0.25, 0.3) is 0 Å². The van der Waals surface area contributed by atoms with E-state index in [0.717, 1.165) is 22.7 Å². The SMILES string of the molecule is CCCCNC(=O)c1ccccc1NC(=O)CN(c1ccc(OC)cc1)S(=O)(=O)c1ccc(C)cc1. The molecule has 8 nitrogen and oxygen atoms in total. The summed E-state index contributed by atoms with van der Waals surface area (Å²) in [5, 5.41) is 5.54. The first-order valence-electron chi connectivity index (χ1n) is 11.7. The lowest BCUT2D eigenvalue weighted by atomic mass is 10.1. The first-order chi connectivity index (χ1) is 17.3. The van der Waals surface area contributed by atoms with E-state index in [0.29, 0.717) is 29.2 Å². The third-order valence-electron chi connectivity index (χ3n) is 5.52. The predicted molar refractivity (Wildman–Crippen MR) is 141 cm³/mol. The summed E-state index contributed by atoms with van der Waals surface area (Å²) >= 11 is 0. The lowest BCUT2D eigenvalue weighted by Crippen LogP contribution is -2.38. The fraction of sp³-hybridized carbons (Fsp3) is 0.259. The zero-order valence-electron chi connectivity index (χ0n) is 20.7. The Kier molecular flexibility index (Phi) is 9.08. The van der Waals surface area contributed by atoms with Crippen molar-refractivity contribution in [3.8, 4) is 5.75 Å². The Bertz CT molecular complexity index is 1290. The van der Waals surface area contributed by atoms with E-state index in [4.69, 9.17) is 4.74 Å². The minimum atomic E-state index is -4.07. The van der Waals surface area contributed by atoms with E-state index < -0.39 is 22.5 Å². The minimum absolute atomic E-state index is 0.0624. The van der Waals surface area contributed by atoms with Crippen molar-refractivity contribution in [3.63, 3.8) is 0 Å². The van der Waals surface area contributed by atoms with E-state index in [9.17, 15) is 18.0 Å². The average molecular weight is 510 g/mol. The van der Waals surface area contributed by atoms with Gasteiger partial charge in [0.15, 0.2) is 0 Å². The van der Waals surface area contributed by atoms with Crippen LogP contribution in [0.3, 0.4) is 0 Å². The molecular formula is C27H31N3O5S. The second kappa shape index (κ2) is 12.2. The molecule has 9 heteroatoms. The van der Waals surface area contributed by atoms with Crippen LogP contribution < -0.4 is 19.7 Å². The van der Waals surface area contributed by atoms with Crippen LogP contribution in [0.5, 0.6) is 5.75 Å². The van der Waals surface area contributed by atoms with Gasteiger partial charge in [-0.15, -0.1) is 0 Å². The molecule has 0 bridgehead atoms. The number of benzene rings is 3. The van der Waals surface area contributed by atoms with Gasteiger partial charge < -0.3 is 15.4 Å². The summed E-state index contributed by atoms with van der Waals surface area (Å²) in [5.74, 6) is -0.340. The van der Waals surface area contributed by atoms with Gasteiger partial charge in [-0.05, 0) is 61.9 Å². The van der Waals surface area contributed by atoms with Crippen molar-refractivity contribution in [2.45, 2.75) is 31.6 Å². The first kappa shape index (κ1) is 26.7. The number of rotatable bonds is 11. The van der Waals surface area contributed by atoms with Crippen molar-refractivity contribution in [2.75, 3.05) is 29.8 Å². The Morgan fingerprint density at radius 2 is 1.61 bits per heavy atom. The van der Waals surface area contributed by atoms with Gasteiger partial charge in [-0.25, -0.2) is 8.42 Å². The molecule has 0 spiro atoms. The van der Waals surface area contributed by atoms with Gasteiger partial charge in [-0.3, -0.25) is 13.9 Å². The lowest BCUT2D eigenvalue weighted by molar-refractivity contribution is -0.114. The third-order valence-corrected chi connectivity index (χ3v) is 7.31. The van der Waals surface area contributed by atoms with Crippen molar-refractivity contribution >= 4 is 33.2 Å². The number of amides is 2. The van der Waals surface area contributed by atoms with E-state index >= 15 is 0 Å². The van der Waals surface area contributed by atoms with Gasteiger partial charge in [0, 0.05) is 6.54 Å². The summed E-state index contributed by atoms with van der Waals surface area (Å²) < 4.78 is 33.3. The van der Waals surface area contributed by atoms with Gasteiger partial charge in [0.1, 0.15) is 12.3 Å². The van der Waals surface area contributed by atoms with Crippen LogP contribution in [0.2, 0.25) is 0 Å². The number of carbonyl (C=O) groups is 2. The number of hydrogen-bond donors (Lipinski definition) is 2. The van der Waals surface area contributed by atoms with Crippen molar-refractivity contribution in [1.29, 1.82) is 0 Å². The Morgan fingerprint density at radius 1 is 0.944 bits per heavy atom. The molecule has 3 aromatic rings. The minimum Gasteiger partial charge on any atom is -0.497 e. The molecule has 0 saturated heterocycles. The molecular weight excluding hydrogens is 478 g/mol. The molecule has 0 atom stereocenters. The molecule has 0 aliphatic heterocycles. The molecule has 0 radical (unpaired) electrons.